The van der Waals surface area contributed by atoms with E-state index in [9.17, 15) is 5.11 Å². The molecule has 2 aromatic rings. The van der Waals surface area contributed by atoms with Gasteiger partial charge in [0.25, 0.3) is 0 Å². The predicted octanol–water partition coefficient (Wildman–Crippen LogP) is 3.67. The molecule has 0 amide bonds. The van der Waals surface area contributed by atoms with E-state index in [0.717, 1.165) is 23.3 Å². The van der Waals surface area contributed by atoms with Gasteiger partial charge in [0.1, 0.15) is 5.75 Å². The number of aliphatic hydroxyl groups excluding tert-OH is 1. The zero-order valence-electron chi connectivity index (χ0n) is 11.5. The minimum Gasteiger partial charge on any atom is -0.493 e. The van der Waals surface area contributed by atoms with Crippen LogP contribution in [0, 0.1) is 6.92 Å². The third-order valence-corrected chi connectivity index (χ3v) is 3.11. The van der Waals surface area contributed by atoms with Crippen LogP contribution in [0.15, 0.2) is 48.5 Å². The molecular weight excluding hydrogens is 236 g/mol. The van der Waals surface area contributed by atoms with Gasteiger partial charge in [-0.3, -0.25) is 0 Å². The minimum atomic E-state index is -0.507. The van der Waals surface area contributed by atoms with Crippen LogP contribution >= 0.6 is 0 Å². The van der Waals surface area contributed by atoms with Gasteiger partial charge in [-0.25, -0.2) is 0 Å². The van der Waals surface area contributed by atoms with Crippen LogP contribution in [-0.4, -0.2) is 11.7 Å². The molecule has 0 heterocycles. The molecule has 0 aliphatic heterocycles. The van der Waals surface area contributed by atoms with E-state index in [1.54, 1.807) is 6.92 Å². The summed E-state index contributed by atoms with van der Waals surface area (Å²) in [5.41, 5.74) is 3.24. The molecule has 0 radical (unpaired) electrons. The summed E-state index contributed by atoms with van der Waals surface area (Å²) in [5.74, 6) is 0.783. The van der Waals surface area contributed by atoms with Crippen molar-refractivity contribution >= 4 is 0 Å². The summed E-state index contributed by atoms with van der Waals surface area (Å²) in [4.78, 5) is 0. The molecule has 2 rings (SSSR count). The van der Waals surface area contributed by atoms with Crippen LogP contribution < -0.4 is 4.74 Å². The summed E-state index contributed by atoms with van der Waals surface area (Å²) in [7, 11) is 0. The molecule has 0 saturated heterocycles. The number of rotatable bonds is 5. The Kier molecular flexibility index (Phi) is 4.58. The highest BCUT2D eigenvalue weighted by molar-refractivity contribution is 5.38. The fourth-order valence-corrected chi connectivity index (χ4v) is 2.04. The molecule has 2 heteroatoms. The number of ether oxygens (including phenoxy) is 1. The molecule has 1 atom stereocenters. The number of hydrogen-bond acceptors (Lipinski definition) is 2. The molecule has 0 fully saturated rings. The first-order chi connectivity index (χ1) is 9.16. The molecule has 0 aliphatic rings. The zero-order valence-corrected chi connectivity index (χ0v) is 11.5. The molecule has 1 N–H and O–H groups in total. The van der Waals surface area contributed by atoms with Gasteiger partial charge in [0.15, 0.2) is 0 Å². The van der Waals surface area contributed by atoms with E-state index in [-0.39, 0.29) is 0 Å². The van der Waals surface area contributed by atoms with Gasteiger partial charge in [0.2, 0.25) is 0 Å². The lowest BCUT2D eigenvalue weighted by Gasteiger charge is -2.14. The fourth-order valence-electron chi connectivity index (χ4n) is 2.04. The molecule has 19 heavy (non-hydrogen) atoms. The Balaban J connectivity index is 2.01. The SMILES string of the molecule is Cc1ccc([C@H](C)O)c(OCCc2ccccc2)c1. The van der Waals surface area contributed by atoms with Crippen LogP contribution in [0.1, 0.15) is 29.7 Å². The maximum absolute atomic E-state index is 9.73. The van der Waals surface area contributed by atoms with Crippen LogP contribution in [0.3, 0.4) is 0 Å². The lowest BCUT2D eigenvalue weighted by atomic mass is 10.1. The minimum absolute atomic E-state index is 0.507. The molecule has 0 aliphatic carbocycles. The van der Waals surface area contributed by atoms with Crippen molar-refractivity contribution in [1.29, 1.82) is 0 Å². The van der Waals surface area contributed by atoms with Crippen molar-refractivity contribution in [2.45, 2.75) is 26.4 Å². The number of aryl methyl sites for hydroxylation is 1. The third-order valence-electron chi connectivity index (χ3n) is 3.11. The predicted molar refractivity (Wildman–Crippen MR) is 77.5 cm³/mol. The lowest BCUT2D eigenvalue weighted by molar-refractivity contribution is 0.191. The topological polar surface area (TPSA) is 29.5 Å². The molecule has 0 unspecified atom stereocenters. The maximum atomic E-state index is 9.73. The largest absolute Gasteiger partial charge is 0.493 e. The Morgan fingerprint density at radius 3 is 2.53 bits per heavy atom. The molecule has 0 saturated carbocycles. The first-order valence-electron chi connectivity index (χ1n) is 6.62. The van der Waals surface area contributed by atoms with Gasteiger partial charge in [-0.1, -0.05) is 42.5 Å². The quantitative estimate of drug-likeness (QED) is 0.884. The van der Waals surface area contributed by atoms with Gasteiger partial charge in [-0.05, 0) is 31.0 Å². The molecule has 2 nitrogen and oxygen atoms in total. The molecule has 0 aromatic heterocycles. The Labute approximate surface area is 114 Å². The van der Waals surface area contributed by atoms with Crippen LogP contribution in [0.2, 0.25) is 0 Å². The van der Waals surface area contributed by atoms with Crippen molar-refractivity contribution in [1.82, 2.24) is 0 Å². The van der Waals surface area contributed by atoms with Crippen LogP contribution in [0.4, 0.5) is 0 Å². The van der Waals surface area contributed by atoms with E-state index < -0.39 is 6.10 Å². The standard InChI is InChI=1S/C17H20O2/c1-13-8-9-16(14(2)18)17(12-13)19-11-10-15-6-4-3-5-7-15/h3-9,12,14,18H,10-11H2,1-2H3/t14-/m0/s1. The van der Waals surface area contributed by atoms with Crippen molar-refractivity contribution in [2.75, 3.05) is 6.61 Å². The molecular formula is C17H20O2. The number of benzene rings is 2. The van der Waals surface area contributed by atoms with Crippen LogP contribution in [0.5, 0.6) is 5.75 Å². The van der Waals surface area contributed by atoms with Crippen LogP contribution in [0.25, 0.3) is 0 Å². The summed E-state index contributed by atoms with van der Waals surface area (Å²) in [5, 5.41) is 9.73. The summed E-state index contributed by atoms with van der Waals surface area (Å²) < 4.78 is 5.82. The van der Waals surface area contributed by atoms with Gasteiger partial charge >= 0.3 is 0 Å². The normalized spacial score (nSPS) is 12.2. The van der Waals surface area contributed by atoms with Gasteiger partial charge in [0.05, 0.1) is 12.7 Å². The van der Waals surface area contributed by atoms with Gasteiger partial charge < -0.3 is 9.84 Å². The summed E-state index contributed by atoms with van der Waals surface area (Å²) in [6, 6.07) is 16.2. The highest BCUT2D eigenvalue weighted by Crippen LogP contribution is 2.26. The first-order valence-corrected chi connectivity index (χ1v) is 6.62. The number of aliphatic hydroxyl groups is 1. The molecule has 2 aromatic carbocycles. The second-order valence-corrected chi connectivity index (χ2v) is 4.80. The summed E-state index contributed by atoms with van der Waals surface area (Å²) in [6.07, 6.45) is 0.362. The average Bonchev–Trinajstić information content (AvgIpc) is 2.39. The zero-order chi connectivity index (χ0) is 13.7. The van der Waals surface area contributed by atoms with Crippen LogP contribution in [-0.2, 0) is 6.42 Å². The summed E-state index contributed by atoms with van der Waals surface area (Å²) in [6.45, 7) is 4.40. The van der Waals surface area contributed by atoms with Crippen molar-refractivity contribution in [3.63, 3.8) is 0 Å². The van der Waals surface area contributed by atoms with Crippen molar-refractivity contribution in [2.24, 2.45) is 0 Å². The number of hydrogen-bond donors (Lipinski definition) is 1. The van der Waals surface area contributed by atoms with E-state index >= 15 is 0 Å². The molecule has 0 bridgehead atoms. The Bertz CT molecular complexity index is 518. The maximum Gasteiger partial charge on any atom is 0.125 e. The lowest BCUT2D eigenvalue weighted by Crippen LogP contribution is -2.05. The fraction of sp³-hybridized carbons (Fsp3) is 0.294. The van der Waals surface area contributed by atoms with Crippen molar-refractivity contribution in [3.05, 3.63) is 65.2 Å². The second kappa shape index (κ2) is 6.39. The smallest absolute Gasteiger partial charge is 0.125 e. The highest BCUT2D eigenvalue weighted by atomic mass is 16.5. The van der Waals surface area contributed by atoms with Crippen molar-refractivity contribution < 1.29 is 9.84 Å². The van der Waals surface area contributed by atoms with E-state index in [0.29, 0.717) is 6.61 Å². The van der Waals surface area contributed by atoms with Crippen molar-refractivity contribution in [3.8, 4) is 5.75 Å². The third kappa shape index (κ3) is 3.83. The van der Waals surface area contributed by atoms with Gasteiger partial charge in [-0.2, -0.15) is 0 Å². The molecule has 100 valence electrons. The van der Waals surface area contributed by atoms with E-state index in [1.165, 1.54) is 5.56 Å². The Morgan fingerprint density at radius 2 is 1.84 bits per heavy atom. The Morgan fingerprint density at radius 1 is 1.11 bits per heavy atom. The average molecular weight is 256 g/mol. The van der Waals surface area contributed by atoms with Gasteiger partial charge in [0, 0.05) is 12.0 Å². The van der Waals surface area contributed by atoms with E-state index in [1.807, 2.05) is 43.3 Å². The monoisotopic (exact) mass is 256 g/mol. The molecule has 0 spiro atoms. The highest BCUT2D eigenvalue weighted by Gasteiger charge is 2.09. The summed E-state index contributed by atoms with van der Waals surface area (Å²) >= 11 is 0. The van der Waals surface area contributed by atoms with E-state index in [2.05, 4.69) is 12.1 Å². The Hall–Kier alpha value is -1.80. The van der Waals surface area contributed by atoms with E-state index in [4.69, 9.17) is 4.74 Å². The second-order valence-electron chi connectivity index (χ2n) is 4.80. The first kappa shape index (κ1) is 13.6. The van der Waals surface area contributed by atoms with Gasteiger partial charge in [-0.15, -0.1) is 0 Å².